The Bertz CT molecular complexity index is 872. The van der Waals surface area contributed by atoms with E-state index in [4.69, 9.17) is 18.9 Å². The second-order valence-electron chi connectivity index (χ2n) is 6.51. The molecule has 1 heterocycles. The molecule has 0 spiro atoms. The molecule has 1 atom stereocenters. The average Bonchev–Trinajstić information content (AvgIpc) is 3.14. The fourth-order valence-electron chi connectivity index (χ4n) is 3.29. The third-order valence-electron chi connectivity index (χ3n) is 4.81. The van der Waals surface area contributed by atoms with Gasteiger partial charge in [0.05, 0.1) is 34.4 Å². The number of carbonyl (C=O) groups excluding carboxylic acids is 2. The Morgan fingerprint density at radius 3 is 2.10 bits per heavy atom. The van der Waals surface area contributed by atoms with Crippen LogP contribution in [0, 0.1) is 5.92 Å². The summed E-state index contributed by atoms with van der Waals surface area (Å²) in [5, 5.41) is 2.84. The topological polar surface area (TPSA) is 86.3 Å². The lowest BCUT2D eigenvalue weighted by molar-refractivity contribution is -0.122. The Labute approximate surface area is 169 Å². The van der Waals surface area contributed by atoms with Gasteiger partial charge in [-0.3, -0.25) is 9.59 Å². The molecule has 0 unspecified atom stereocenters. The van der Waals surface area contributed by atoms with Crippen LogP contribution in [0.4, 0.5) is 11.4 Å². The van der Waals surface area contributed by atoms with Gasteiger partial charge in [-0.1, -0.05) is 0 Å². The number of rotatable bonds is 7. The number of ether oxygens (including phenoxy) is 4. The van der Waals surface area contributed by atoms with Gasteiger partial charge in [0.2, 0.25) is 17.6 Å². The molecule has 1 aliphatic rings. The lowest BCUT2D eigenvalue weighted by Gasteiger charge is -2.18. The summed E-state index contributed by atoms with van der Waals surface area (Å²) < 4.78 is 21.0. The zero-order valence-electron chi connectivity index (χ0n) is 16.9. The summed E-state index contributed by atoms with van der Waals surface area (Å²) in [6.45, 7) is 0.307. The van der Waals surface area contributed by atoms with Crippen molar-refractivity contribution in [2.75, 3.05) is 45.2 Å². The van der Waals surface area contributed by atoms with Crippen LogP contribution in [-0.4, -0.2) is 46.8 Å². The number of methoxy groups -OCH3 is 4. The van der Waals surface area contributed by atoms with E-state index in [-0.39, 0.29) is 18.2 Å². The molecule has 1 aliphatic heterocycles. The van der Waals surface area contributed by atoms with Crippen molar-refractivity contribution in [3.8, 4) is 23.0 Å². The highest BCUT2D eigenvalue weighted by Crippen LogP contribution is 2.40. The first-order chi connectivity index (χ1) is 14.0. The van der Waals surface area contributed by atoms with Crippen molar-refractivity contribution in [2.45, 2.75) is 6.42 Å². The van der Waals surface area contributed by atoms with Gasteiger partial charge >= 0.3 is 0 Å². The molecule has 29 heavy (non-hydrogen) atoms. The summed E-state index contributed by atoms with van der Waals surface area (Å²) in [4.78, 5) is 26.8. The smallest absolute Gasteiger partial charge is 0.229 e. The van der Waals surface area contributed by atoms with Gasteiger partial charge in [0.15, 0.2) is 11.5 Å². The van der Waals surface area contributed by atoms with E-state index >= 15 is 0 Å². The molecule has 8 heteroatoms. The molecule has 1 fully saturated rings. The SMILES string of the molecule is COc1ccc(N2C[C@H](C(=O)Nc3cc(OC)c(OC)c(OC)c3)CC2=O)cc1. The first-order valence-electron chi connectivity index (χ1n) is 9.06. The largest absolute Gasteiger partial charge is 0.497 e. The van der Waals surface area contributed by atoms with Crippen LogP contribution in [0.2, 0.25) is 0 Å². The Kier molecular flexibility index (Phi) is 6.11. The average molecular weight is 400 g/mol. The number of nitrogens with zero attached hydrogens (tertiary/aromatic N) is 1. The van der Waals surface area contributed by atoms with E-state index in [1.54, 1.807) is 48.4 Å². The number of anilines is 2. The molecule has 2 aromatic carbocycles. The predicted molar refractivity (Wildman–Crippen MR) is 108 cm³/mol. The van der Waals surface area contributed by atoms with Crippen molar-refractivity contribution in [3.05, 3.63) is 36.4 Å². The Balaban J connectivity index is 1.73. The van der Waals surface area contributed by atoms with Crippen LogP contribution in [0.15, 0.2) is 36.4 Å². The zero-order valence-corrected chi connectivity index (χ0v) is 16.9. The lowest BCUT2D eigenvalue weighted by atomic mass is 10.1. The van der Waals surface area contributed by atoms with Crippen molar-refractivity contribution >= 4 is 23.2 Å². The van der Waals surface area contributed by atoms with Gasteiger partial charge < -0.3 is 29.2 Å². The first kappa shape index (κ1) is 20.3. The molecule has 2 amide bonds. The van der Waals surface area contributed by atoms with Gasteiger partial charge in [0.1, 0.15) is 5.75 Å². The van der Waals surface area contributed by atoms with Crippen LogP contribution in [0.25, 0.3) is 0 Å². The molecule has 1 N–H and O–H groups in total. The maximum absolute atomic E-state index is 12.8. The number of amides is 2. The quantitative estimate of drug-likeness (QED) is 0.769. The van der Waals surface area contributed by atoms with Gasteiger partial charge in [0.25, 0.3) is 0 Å². The minimum atomic E-state index is -0.469. The Morgan fingerprint density at radius 1 is 0.966 bits per heavy atom. The summed E-state index contributed by atoms with van der Waals surface area (Å²) in [6, 6.07) is 10.5. The number of hydrogen-bond donors (Lipinski definition) is 1. The molecule has 2 aromatic rings. The summed E-state index contributed by atoms with van der Waals surface area (Å²) in [7, 11) is 6.10. The summed E-state index contributed by atoms with van der Waals surface area (Å²) in [6.07, 6.45) is 0.141. The number of carbonyl (C=O) groups is 2. The Hall–Kier alpha value is -3.42. The molecule has 0 aliphatic carbocycles. The predicted octanol–water partition coefficient (Wildman–Crippen LogP) is 2.71. The van der Waals surface area contributed by atoms with Gasteiger partial charge in [-0.05, 0) is 24.3 Å². The van der Waals surface area contributed by atoms with E-state index in [0.29, 0.717) is 35.2 Å². The number of nitrogens with one attached hydrogen (secondary N) is 1. The highest BCUT2D eigenvalue weighted by Gasteiger charge is 2.35. The van der Waals surface area contributed by atoms with Crippen molar-refractivity contribution in [1.82, 2.24) is 0 Å². The normalized spacial score (nSPS) is 15.8. The first-order valence-corrected chi connectivity index (χ1v) is 9.06. The molecule has 8 nitrogen and oxygen atoms in total. The molecule has 0 saturated carbocycles. The van der Waals surface area contributed by atoms with Crippen molar-refractivity contribution in [1.29, 1.82) is 0 Å². The van der Waals surface area contributed by atoms with Crippen LogP contribution in [-0.2, 0) is 9.59 Å². The molecule has 1 saturated heterocycles. The summed E-state index contributed by atoms with van der Waals surface area (Å²) >= 11 is 0. The van der Waals surface area contributed by atoms with Crippen LogP contribution in [0.5, 0.6) is 23.0 Å². The monoisotopic (exact) mass is 400 g/mol. The van der Waals surface area contributed by atoms with Crippen molar-refractivity contribution in [2.24, 2.45) is 5.92 Å². The fraction of sp³-hybridized carbons (Fsp3) is 0.333. The van der Waals surface area contributed by atoms with E-state index in [0.717, 1.165) is 5.69 Å². The summed E-state index contributed by atoms with van der Waals surface area (Å²) in [5.41, 5.74) is 1.23. The molecule has 0 radical (unpaired) electrons. The Morgan fingerprint density at radius 2 is 1.59 bits per heavy atom. The lowest BCUT2D eigenvalue weighted by Crippen LogP contribution is -2.28. The molecule has 154 valence electrons. The van der Waals surface area contributed by atoms with E-state index in [9.17, 15) is 9.59 Å². The van der Waals surface area contributed by atoms with E-state index < -0.39 is 5.92 Å². The van der Waals surface area contributed by atoms with Crippen LogP contribution < -0.4 is 29.2 Å². The molecule has 0 bridgehead atoms. The minimum Gasteiger partial charge on any atom is -0.497 e. The number of hydrogen-bond acceptors (Lipinski definition) is 6. The van der Waals surface area contributed by atoms with Crippen LogP contribution in [0.1, 0.15) is 6.42 Å². The second kappa shape index (κ2) is 8.72. The molecule has 3 rings (SSSR count). The van der Waals surface area contributed by atoms with Gasteiger partial charge in [-0.25, -0.2) is 0 Å². The molecular weight excluding hydrogens is 376 g/mol. The standard InChI is InChI=1S/C21H24N2O6/c1-26-16-7-5-15(6-8-16)23-12-13(9-19(23)24)21(25)22-14-10-17(27-2)20(29-4)18(11-14)28-3/h5-8,10-11,13H,9,12H2,1-4H3,(H,22,25)/t13-/m1/s1. The van der Waals surface area contributed by atoms with E-state index in [1.807, 2.05) is 0 Å². The second-order valence-corrected chi connectivity index (χ2v) is 6.51. The van der Waals surface area contributed by atoms with Gasteiger partial charge in [-0.2, -0.15) is 0 Å². The van der Waals surface area contributed by atoms with E-state index in [2.05, 4.69) is 5.32 Å². The third kappa shape index (κ3) is 4.21. The van der Waals surface area contributed by atoms with Crippen molar-refractivity contribution in [3.63, 3.8) is 0 Å². The number of benzene rings is 2. The zero-order chi connectivity index (χ0) is 21.0. The maximum atomic E-state index is 12.8. The summed E-state index contributed by atoms with van der Waals surface area (Å²) in [5.74, 6) is 1.20. The molecule has 0 aromatic heterocycles. The van der Waals surface area contributed by atoms with Crippen LogP contribution >= 0.6 is 0 Å². The van der Waals surface area contributed by atoms with Gasteiger partial charge in [-0.15, -0.1) is 0 Å². The highest BCUT2D eigenvalue weighted by atomic mass is 16.5. The minimum absolute atomic E-state index is 0.0970. The highest BCUT2D eigenvalue weighted by molar-refractivity contribution is 6.03. The van der Waals surface area contributed by atoms with Gasteiger partial charge in [0, 0.05) is 36.5 Å². The maximum Gasteiger partial charge on any atom is 0.229 e. The molecular formula is C21H24N2O6. The fourth-order valence-corrected chi connectivity index (χ4v) is 3.29. The third-order valence-corrected chi connectivity index (χ3v) is 4.81. The van der Waals surface area contributed by atoms with Crippen LogP contribution in [0.3, 0.4) is 0 Å². The van der Waals surface area contributed by atoms with Crippen molar-refractivity contribution < 1.29 is 28.5 Å². The van der Waals surface area contributed by atoms with E-state index in [1.165, 1.54) is 21.3 Å².